The molecule has 1 fully saturated rings. The van der Waals surface area contributed by atoms with Crippen molar-refractivity contribution in [1.29, 1.82) is 0 Å². The molecule has 0 unspecified atom stereocenters. The van der Waals surface area contributed by atoms with Gasteiger partial charge in [0.1, 0.15) is 5.82 Å². The summed E-state index contributed by atoms with van der Waals surface area (Å²) in [6.07, 6.45) is 6.27. The van der Waals surface area contributed by atoms with E-state index in [0.717, 1.165) is 11.5 Å². The second-order valence-corrected chi connectivity index (χ2v) is 4.25. The molecule has 0 radical (unpaired) electrons. The molecule has 4 heteroatoms. The van der Waals surface area contributed by atoms with Crippen LogP contribution in [0.4, 0.5) is 5.82 Å². The first-order valence-corrected chi connectivity index (χ1v) is 5.68. The van der Waals surface area contributed by atoms with Crippen LogP contribution in [0, 0.1) is 0 Å². The van der Waals surface area contributed by atoms with Crippen molar-refractivity contribution in [2.75, 3.05) is 5.32 Å². The molecule has 16 heavy (non-hydrogen) atoms. The van der Waals surface area contributed by atoms with Crippen LogP contribution in [0.3, 0.4) is 0 Å². The summed E-state index contributed by atoms with van der Waals surface area (Å²) in [4.78, 5) is 11.2. The van der Waals surface area contributed by atoms with Crippen LogP contribution in [0.5, 0.6) is 0 Å². The van der Waals surface area contributed by atoms with Gasteiger partial charge in [-0.1, -0.05) is 19.4 Å². The number of hydrogen-bond donors (Lipinski definition) is 1. The average Bonchev–Trinajstić information content (AvgIpc) is 2.88. The zero-order valence-electron chi connectivity index (χ0n) is 9.57. The molecule has 86 valence electrons. The summed E-state index contributed by atoms with van der Waals surface area (Å²) in [5, 5.41) is 7.19. The number of nitrogens with zero attached hydrogens (tertiary/aromatic N) is 2. The summed E-state index contributed by atoms with van der Waals surface area (Å²) in [6.45, 7) is 3.43. The highest BCUT2D eigenvalue weighted by Crippen LogP contribution is 2.34. The Bertz CT molecular complexity index is 402. The number of anilines is 1. The van der Waals surface area contributed by atoms with Gasteiger partial charge in [-0.3, -0.25) is 9.48 Å². The Balaban J connectivity index is 2.14. The van der Waals surface area contributed by atoms with Crippen molar-refractivity contribution in [2.45, 2.75) is 31.6 Å². The van der Waals surface area contributed by atoms with E-state index in [1.165, 1.54) is 31.8 Å². The number of nitrogens with one attached hydrogen (secondary N) is 1. The topological polar surface area (TPSA) is 46.9 Å². The first-order valence-electron chi connectivity index (χ1n) is 5.68. The molecule has 1 aromatic rings. The Labute approximate surface area is 95.3 Å². The highest BCUT2D eigenvalue weighted by molar-refractivity contribution is 5.98. The molecule has 4 nitrogen and oxygen atoms in total. The smallest absolute Gasteiger partial charge is 0.248 e. The van der Waals surface area contributed by atoms with Gasteiger partial charge in [0.2, 0.25) is 5.91 Å². The lowest BCUT2D eigenvalue weighted by molar-refractivity contribution is -0.111. The van der Waals surface area contributed by atoms with Crippen molar-refractivity contribution in [1.82, 2.24) is 9.78 Å². The molecule has 0 atom stereocenters. The summed E-state index contributed by atoms with van der Waals surface area (Å²) >= 11 is 0. The molecule has 1 aliphatic carbocycles. The molecular weight excluding hydrogens is 202 g/mol. The van der Waals surface area contributed by atoms with Crippen LogP contribution in [-0.2, 0) is 11.8 Å². The van der Waals surface area contributed by atoms with E-state index < -0.39 is 0 Å². The Kier molecular flexibility index (Phi) is 3.08. The lowest BCUT2D eigenvalue weighted by atomic mass is 10.0. The molecule has 2 rings (SSSR count). The van der Waals surface area contributed by atoms with Gasteiger partial charge in [-0.25, -0.2) is 0 Å². The van der Waals surface area contributed by atoms with Crippen molar-refractivity contribution in [2.24, 2.45) is 7.05 Å². The Hall–Kier alpha value is -1.58. The van der Waals surface area contributed by atoms with E-state index in [1.807, 2.05) is 13.1 Å². The van der Waals surface area contributed by atoms with E-state index in [2.05, 4.69) is 17.0 Å². The minimum atomic E-state index is -0.194. The van der Waals surface area contributed by atoms with Gasteiger partial charge in [0.25, 0.3) is 0 Å². The van der Waals surface area contributed by atoms with Gasteiger partial charge in [-0.05, 0) is 18.9 Å². The summed E-state index contributed by atoms with van der Waals surface area (Å²) in [7, 11) is 1.84. The standard InChI is InChI=1S/C12H17N3O/c1-3-12(16)13-11-8-10(14-15(11)2)9-6-4-5-7-9/h3,8-9H,1,4-7H2,2H3,(H,13,16). The Morgan fingerprint density at radius 1 is 1.62 bits per heavy atom. The summed E-state index contributed by atoms with van der Waals surface area (Å²) < 4.78 is 1.72. The fourth-order valence-electron chi connectivity index (χ4n) is 2.20. The summed E-state index contributed by atoms with van der Waals surface area (Å²) in [6, 6.07) is 1.97. The molecule has 1 N–H and O–H groups in total. The van der Waals surface area contributed by atoms with Gasteiger partial charge in [0.05, 0.1) is 5.69 Å². The fourth-order valence-corrected chi connectivity index (χ4v) is 2.20. The van der Waals surface area contributed by atoms with Gasteiger partial charge < -0.3 is 5.32 Å². The molecule has 0 spiro atoms. The number of carbonyl (C=O) groups is 1. The third-order valence-electron chi connectivity index (χ3n) is 3.11. The maximum absolute atomic E-state index is 11.2. The number of amides is 1. The number of carbonyl (C=O) groups excluding carboxylic acids is 1. The van der Waals surface area contributed by atoms with Crippen molar-refractivity contribution in [3.05, 3.63) is 24.4 Å². The Morgan fingerprint density at radius 2 is 2.31 bits per heavy atom. The molecule has 0 bridgehead atoms. The first-order chi connectivity index (χ1) is 7.70. The van der Waals surface area contributed by atoms with Crippen LogP contribution in [0.15, 0.2) is 18.7 Å². The monoisotopic (exact) mass is 219 g/mol. The maximum Gasteiger partial charge on any atom is 0.248 e. The van der Waals surface area contributed by atoms with E-state index in [9.17, 15) is 4.79 Å². The number of rotatable bonds is 3. The van der Waals surface area contributed by atoms with Crippen LogP contribution < -0.4 is 5.32 Å². The highest BCUT2D eigenvalue weighted by atomic mass is 16.1. The minimum Gasteiger partial charge on any atom is -0.307 e. The van der Waals surface area contributed by atoms with Crippen LogP contribution in [0.1, 0.15) is 37.3 Å². The van der Waals surface area contributed by atoms with Gasteiger partial charge in [-0.2, -0.15) is 5.10 Å². The first kappa shape index (κ1) is 10.9. The fraction of sp³-hybridized carbons (Fsp3) is 0.500. The van der Waals surface area contributed by atoms with Crippen LogP contribution >= 0.6 is 0 Å². The van der Waals surface area contributed by atoms with Crippen LogP contribution in [0.2, 0.25) is 0 Å². The van der Waals surface area contributed by atoms with Gasteiger partial charge in [-0.15, -0.1) is 0 Å². The zero-order valence-corrected chi connectivity index (χ0v) is 9.57. The lowest BCUT2D eigenvalue weighted by Gasteiger charge is -2.02. The van der Waals surface area contributed by atoms with E-state index in [4.69, 9.17) is 0 Å². The van der Waals surface area contributed by atoms with Crippen molar-refractivity contribution in [3.63, 3.8) is 0 Å². The average molecular weight is 219 g/mol. The predicted octanol–water partition coefficient (Wildman–Crippen LogP) is 2.20. The predicted molar refractivity (Wildman–Crippen MR) is 63.2 cm³/mol. The summed E-state index contributed by atoms with van der Waals surface area (Å²) in [5.41, 5.74) is 1.10. The SMILES string of the molecule is C=CC(=O)Nc1cc(C2CCCC2)nn1C. The maximum atomic E-state index is 11.2. The molecule has 1 amide bonds. The zero-order chi connectivity index (χ0) is 11.5. The quantitative estimate of drug-likeness (QED) is 0.792. The number of hydrogen-bond acceptors (Lipinski definition) is 2. The lowest BCUT2D eigenvalue weighted by Crippen LogP contribution is -2.10. The minimum absolute atomic E-state index is 0.194. The van der Waals surface area contributed by atoms with Crippen molar-refractivity contribution >= 4 is 11.7 Å². The third kappa shape index (κ3) is 2.15. The third-order valence-corrected chi connectivity index (χ3v) is 3.11. The largest absolute Gasteiger partial charge is 0.307 e. The molecule has 1 aliphatic rings. The molecule has 0 aromatic carbocycles. The van der Waals surface area contributed by atoms with Crippen LogP contribution in [0.25, 0.3) is 0 Å². The Morgan fingerprint density at radius 3 is 2.94 bits per heavy atom. The molecule has 1 aromatic heterocycles. The molecular formula is C12H17N3O. The van der Waals surface area contributed by atoms with Crippen LogP contribution in [-0.4, -0.2) is 15.7 Å². The highest BCUT2D eigenvalue weighted by Gasteiger charge is 2.20. The number of aryl methyl sites for hydroxylation is 1. The number of aromatic nitrogens is 2. The second-order valence-electron chi connectivity index (χ2n) is 4.25. The van der Waals surface area contributed by atoms with E-state index in [0.29, 0.717) is 5.92 Å². The normalized spacial score (nSPS) is 16.3. The molecule has 1 heterocycles. The van der Waals surface area contributed by atoms with Crippen molar-refractivity contribution in [3.8, 4) is 0 Å². The van der Waals surface area contributed by atoms with E-state index >= 15 is 0 Å². The van der Waals surface area contributed by atoms with Crippen molar-refractivity contribution < 1.29 is 4.79 Å². The second kappa shape index (κ2) is 4.51. The molecule has 0 saturated heterocycles. The summed E-state index contributed by atoms with van der Waals surface area (Å²) in [5.74, 6) is 1.12. The van der Waals surface area contributed by atoms with E-state index in [1.54, 1.807) is 4.68 Å². The molecule has 0 aliphatic heterocycles. The van der Waals surface area contributed by atoms with Gasteiger partial charge in [0, 0.05) is 19.0 Å². The molecule has 1 saturated carbocycles. The van der Waals surface area contributed by atoms with E-state index in [-0.39, 0.29) is 5.91 Å². The van der Waals surface area contributed by atoms with Gasteiger partial charge >= 0.3 is 0 Å². The van der Waals surface area contributed by atoms with Gasteiger partial charge in [0.15, 0.2) is 0 Å².